The van der Waals surface area contributed by atoms with Gasteiger partial charge in [-0.25, -0.2) is 9.97 Å². The van der Waals surface area contributed by atoms with Crippen molar-refractivity contribution >= 4 is 43.6 Å². The number of fused-ring (bicyclic) bond motifs is 5. The first-order valence-electron chi connectivity index (χ1n) is 15.6. The predicted octanol–water partition coefficient (Wildman–Crippen LogP) is 10.4. The molecule has 0 unspecified atom stereocenters. The molecular weight excluding hydrogens is 560 g/mol. The minimum Gasteiger partial charge on any atom is -0.327 e. The molecule has 9 rings (SSSR count). The minimum absolute atomic E-state index is 0.976. The molecule has 0 saturated carbocycles. The molecule has 0 spiro atoms. The molecule has 0 aliphatic rings. The summed E-state index contributed by atoms with van der Waals surface area (Å²) in [5.41, 5.74) is 11.3. The van der Waals surface area contributed by atoms with E-state index >= 15 is 0 Å². The zero-order chi connectivity index (χ0) is 30.8. The molecule has 46 heavy (non-hydrogen) atoms. The third kappa shape index (κ3) is 4.22. The van der Waals surface area contributed by atoms with Crippen LogP contribution in [0.2, 0.25) is 0 Å². The van der Waals surface area contributed by atoms with Crippen LogP contribution in [0.25, 0.3) is 88.6 Å². The van der Waals surface area contributed by atoms with Crippen LogP contribution in [0.4, 0.5) is 0 Å². The van der Waals surface area contributed by atoms with Crippen molar-refractivity contribution in [1.29, 1.82) is 0 Å². The summed E-state index contributed by atoms with van der Waals surface area (Å²) in [5, 5.41) is 4.98. The van der Waals surface area contributed by atoms with Crippen LogP contribution in [0.3, 0.4) is 0 Å². The lowest BCUT2D eigenvalue weighted by atomic mass is 9.94. The summed E-state index contributed by atoms with van der Waals surface area (Å²) in [4.78, 5) is 9.84. The van der Waals surface area contributed by atoms with Gasteiger partial charge in [-0.2, -0.15) is 0 Å². The second kappa shape index (κ2) is 10.3. The average molecular weight is 591 g/mol. The maximum atomic E-state index is 4.92. The summed E-state index contributed by atoms with van der Waals surface area (Å²) >= 11 is 0. The highest BCUT2D eigenvalue weighted by Crippen LogP contribution is 2.35. The zero-order valence-electron chi connectivity index (χ0n) is 25.6. The minimum atomic E-state index is 0.976. The van der Waals surface area contributed by atoms with Crippen molar-refractivity contribution < 1.29 is 0 Å². The summed E-state index contributed by atoms with van der Waals surface area (Å²) < 4.78 is 4.35. The highest BCUT2D eigenvalue weighted by molar-refractivity contribution is 6.09. The van der Waals surface area contributed by atoms with Gasteiger partial charge >= 0.3 is 0 Å². The van der Waals surface area contributed by atoms with Crippen molar-refractivity contribution in [1.82, 2.24) is 19.1 Å². The first-order chi connectivity index (χ1) is 22.6. The Morgan fingerprint density at radius 2 is 0.783 bits per heavy atom. The van der Waals surface area contributed by atoms with Crippen molar-refractivity contribution in [2.45, 2.75) is 0 Å². The number of benzene rings is 7. The van der Waals surface area contributed by atoms with E-state index in [9.17, 15) is 0 Å². The van der Waals surface area contributed by atoms with Gasteiger partial charge in [0.15, 0.2) is 0 Å². The Balaban J connectivity index is 1.06. The Bertz CT molecular complexity index is 2440. The number of imidazole rings is 2. The van der Waals surface area contributed by atoms with Crippen LogP contribution < -0.4 is 0 Å². The molecule has 218 valence electrons. The molecule has 7 aromatic carbocycles. The van der Waals surface area contributed by atoms with E-state index < -0.39 is 0 Å². The molecule has 0 bridgehead atoms. The molecule has 0 fully saturated rings. The number of para-hydroxylation sites is 4. The third-order valence-electron chi connectivity index (χ3n) is 9.32. The smallest absolute Gasteiger partial charge is 0.140 e. The predicted molar refractivity (Wildman–Crippen MR) is 192 cm³/mol. The van der Waals surface area contributed by atoms with Crippen LogP contribution in [0.5, 0.6) is 0 Å². The quantitative estimate of drug-likeness (QED) is 0.191. The summed E-state index contributed by atoms with van der Waals surface area (Å²) in [6, 6.07) is 52.1. The molecule has 0 N–H and O–H groups in total. The van der Waals surface area contributed by atoms with Crippen molar-refractivity contribution in [3.8, 4) is 45.0 Å². The van der Waals surface area contributed by atoms with Crippen LogP contribution in [0.1, 0.15) is 0 Å². The molecule has 2 heterocycles. The van der Waals surface area contributed by atoms with Crippen LogP contribution in [0, 0.1) is 0 Å². The summed E-state index contributed by atoms with van der Waals surface area (Å²) in [6.07, 6.45) is 0. The van der Waals surface area contributed by atoms with E-state index in [1.807, 2.05) is 12.1 Å². The monoisotopic (exact) mass is 590 g/mol. The molecule has 4 heteroatoms. The summed E-state index contributed by atoms with van der Waals surface area (Å²) in [5.74, 6) is 1.95. The van der Waals surface area contributed by atoms with Gasteiger partial charge in [-0.05, 0) is 92.3 Å². The van der Waals surface area contributed by atoms with Crippen molar-refractivity contribution in [2.75, 3.05) is 0 Å². The molecule has 0 amide bonds. The Labute approximate surface area is 266 Å². The maximum Gasteiger partial charge on any atom is 0.140 e. The van der Waals surface area contributed by atoms with Crippen molar-refractivity contribution in [3.63, 3.8) is 0 Å². The van der Waals surface area contributed by atoms with Gasteiger partial charge in [0, 0.05) is 25.2 Å². The van der Waals surface area contributed by atoms with Crippen LogP contribution in [0.15, 0.2) is 146 Å². The SMILES string of the molecule is Cn1c(-c2cccc(-c3ccc4c(ccc5cc(-c6cccc(-c7nc8ccccc8n7C)c6)ccc54)c3)c2)nc2ccccc21. The van der Waals surface area contributed by atoms with Gasteiger partial charge in [0.1, 0.15) is 11.6 Å². The molecule has 0 atom stereocenters. The average Bonchev–Trinajstić information content (AvgIpc) is 3.64. The lowest BCUT2D eigenvalue weighted by molar-refractivity contribution is 0.959. The molecule has 9 aromatic rings. The summed E-state index contributed by atoms with van der Waals surface area (Å²) in [7, 11) is 4.17. The van der Waals surface area contributed by atoms with E-state index in [0.717, 1.165) is 44.8 Å². The molecular formula is C42H30N4. The number of aromatic nitrogens is 4. The Morgan fingerprint density at radius 3 is 1.24 bits per heavy atom. The van der Waals surface area contributed by atoms with E-state index in [1.165, 1.54) is 43.8 Å². The molecule has 2 aromatic heterocycles. The highest BCUT2D eigenvalue weighted by Gasteiger charge is 2.13. The lowest BCUT2D eigenvalue weighted by Gasteiger charge is -2.11. The van der Waals surface area contributed by atoms with Crippen molar-refractivity contribution in [2.24, 2.45) is 14.1 Å². The maximum absolute atomic E-state index is 4.92. The number of aryl methyl sites for hydroxylation is 2. The van der Waals surface area contributed by atoms with Crippen LogP contribution in [-0.2, 0) is 14.1 Å². The zero-order valence-corrected chi connectivity index (χ0v) is 25.6. The lowest BCUT2D eigenvalue weighted by Crippen LogP contribution is -1.93. The number of nitrogens with zero attached hydrogens (tertiary/aromatic N) is 4. The molecule has 0 aliphatic heterocycles. The fourth-order valence-electron chi connectivity index (χ4n) is 6.91. The van der Waals surface area contributed by atoms with Gasteiger partial charge in [-0.3, -0.25) is 0 Å². The van der Waals surface area contributed by atoms with E-state index in [-0.39, 0.29) is 0 Å². The number of rotatable bonds is 4. The molecule has 0 radical (unpaired) electrons. The largest absolute Gasteiger partial charge is 0.327 e. The van der Waals surface area contributed by atoms with E-state index in [1.54, 1.807) is 0 Å². The first-order valence-corrected chi connectivity index (χ1v) is 15.6. The number of hydrogen-bond acceptors (Lipinski definition) is 2. The third-order valence-corrected chi connectivity index (χ3v) is 9.32. The Hall–Kier alpha value is -6.00. The van der Waals surface area contributed by atoms with Crippen molar-refractivity contribution in [3.05, 3.63) is 146 Å². The molecule has 0 saturated heterocycles. The van der Waals surface area contributed by atoms with Crippen LogP contribution >= 0.6 is 0 Å². The first kappa shape index (κ1) is 26.4. The van der Waals surface area contributed by atoms with Crippen LogP contribution in [-0.4, -0.2) is 19.1 Å². The van der Waals surface area contributed by atoms with E-state index in [2.05, 4.69) is 157 Å². The van der Waals surface area contributed by atoms with E-state index in [0.29, 0.717) is 0 Å². The van der Waals surface area contributed by atoms with Gasteiger partial charge in [0.25, 0.3) is 0 Å². The van der Waals surface area contributed by atoms with Gasteiger partial charge in [-0.15, -0.1) is 0 Å². The fraction of sp³-hybridized carbons (Fsp3) is 0.0476. The second-order valence-electron chi connectivity index (χ2n) is 12.1. The Kier molecular flexibility index (Phi) is 5.90. The fourth-order valence-corrected chi connectivity index (χ4v) is 6.91. The van der Waals surface area contributed by atoms with Gasteiger partial charge in [0.05, 0.1) is 22.1 Å². The molecule has 0 aliphatic carbocycles. The Morgan fingerprint density at radius 1 is 0.370 bits per heavy atom. The standard InChI is InChI=1S/C42H30N4/c1-45-39-15-5-3-13-37(39)43-41(45)33-11-7-9-27(25-33)29-19-21-35-31(23-29)17-18-32-24-30(20-22-36(32)35)28-10-8-12-34(26-28)42-44-38-14-4-6-16-40(38)46(42)2/h3-26H,1-2H3. The topological polar surface area (TPSA) is 35.6 Å². The highest BCUT2D eigenvalue weighted by atomic mass is 15.1. The summed E-state index contributed by atoms with van der Waals surface area (Å²) in [6.45, 7) is 0. The number of hydrogen-bond donors (Lipinski definition) is 0. The van der Waals surface area contributed by atoms with E-state index in [4.69, 9.17) is 9.97 Å². The van der Waals surface area contributed by atoms with Gasteiger partial charge in [-0.1, -0.05) is 97.1 Å². The van der Waals surface area contributed by atoms with Gasteiger partial charge in [0.2, 0.25) is 0 Å². The normalized spacial score (nSPS) is 11.7. The molecule has 4 nitrogen and oxygen atoms in total. The second-order valence-corrected chi connectivity index (χ2v) is 12.1. The van der Waals surface area contributed by atoms with Gasteiger partial charge < -0.3 is 9.13 Å².